The van der Waals surface area contributed by atoms with Crippen molar-refractivity contribution in [2.75, 3.05) is 34.0 Å². The molecule has 0 bridgehead atoms. The van der Waals surface area contributed by atoms with Crippen molar-refractivity contribution >= 4 is 35.6 Å². The highest BCUT2D eigenvalue weighted by Crippen LogP contribution is 2.35. The van der Waals surface area contributed by atoms with Crippen LogP contribution in [0.5, 0.6) is 11.5 Å². The highest BCUT2D eigenvalue weighted by atomic mass is 35.5. The van der Waals surface area contributed by atoms with Gasteiger partial charge in [-0.25, -0.2) is 5.43 Å². The molecule has 0 aliphatic rings. The maximum Gasteiger partial charge on any atom is 0.329 e. The topological polar surface area (TPSA) is 138 Å². The van der Waals surface area contributed by atoms with Crippen LogP contribution in [-0.4, -0.2) is 58.0 Å². The molecule has 11 heteroatoms. The van der Waals surface area contributed by atoms with E-state index in [-0.39, 0.29) is 16.5 Å². The van der Waals surface area contributed by atoms with Gasteiger partial charge in [-0.05, 0) is 24.1 Å². The zero-order chi connectivity index (χ0) is 20.2. The first-order chi connectivity index (χ1) is 12.9. The first kappa shape index (κ1) is 22.2. The number of rotatable bonds is 10. The molecular formula is C16H19ClN3O7-. The summed E-state index contributed by atoms with van der Waals surface area (Å²) in [5.41, 5.74) is 2.48. The zero-order valence-electron chi connectivity index (χ0n) is 14.7. The number of nitrogens with zero attached hydrogens (tertiary/aromatic N) is 1. The lowest BCUT2D eigenvalue weighted by Crippen LogP contribution is -2.38. The summed E-state index contributed by atoms with van der Waals surface area (Å²) in [6.07, 6.45) is 1.80. The second kappa shape index (κ2) is 11.7. The molecule has 27 heavy (non-hydrogen) atoms. The third-order valence-electron chi connectivity index (χ3n) is 2.98. The van der Waals surface area contributed by atoms with Gasteiger partial charge in [-0.15, -0.1) is 0 Å². The number of ether oxygens (including phenoxy) is 3. The van der Waals surface area contributed by atoms with E-state index in [0.29, 0.717) is 25.1 Å². The van der Waals surface area contributed by atoms with Crippen molar-refractivity contribution in [2.45, 2.75) is 6.42 Å². The smallest absolute Gasteiger partial charge is 0.329 e. The molecule has 2 amide bonds. The van der Waals surface area contributed by atoms with E-state index in [9.17, 15) is 19.5 Å². The number of nitrogens with one attached hydrogen (secondary N) is 2. The van der Waals surface area contributed by atoms with Crippen molar-refractivity contribution < 1.29 is 33.7 Å². The summed E-state index contributed by atoms with van der Waals surface area (Å²) in [5.74, 6) is -2.99. The molecule has 0 saturated carbocycles. The SMILES string of the molecule is COCCCNC(=O)C(=O)N/N=C\c1cc(Cl)c(OCC(=O)[O-])c(OC)c1. The third-order valence-corrected chi connectivity index (χ3v) is 3.26. The van der Waals surface area contributed by atoms with E-state index in [2.05, 4.69) is 15.8 Å². The predicted octanol–water partition coefficient (Wildman–Crippen LogP) is -0.920. The van der Waals surface area contributed by atoms with E-state index in [1.165, 1.54) is 32.6 Å². The number of carboxylic acid groups (broad SMARTS) is 1. The highest BCUT2D eigenvalue weighted by molar-refractivity contribution is 6.35. The van der Waals surface area contributed by atoms with Gasteiger partial charge in [0.15, 0.2) is 11.5 Å². The molecule has 0 radical (unpaired) electrons. The summed E-state index contributed by atoms with van der Waals surface area (Å²) < 4.78 is 14.9. The number of hydrogen-bond donors (Lipinski definition) is 2. The summed E-state index contributed by atoms with van der Waals surface area (Å²) in [5, 5.41) is 16.6. The summed E-state index contributed by atoms with van der Waals surface area (Å²) >= 11 is 6.03. The molecule has 0 unspecified atom stereocenters. The molecule has 0 spiro atoms. The highest BCUT2D eigenvalue weighted by Gasteiger charge is 2.13. The van der Waals surface area contributed by atoms with Crippen LogP contribution in [0.2, 0.25) is 5.02 Å². The molecule has 0 aliphatic heterocycles. The Balaban J connectivity index is 2.67. The Kier molecular flexibility index (Phi) is 9.62. The average molecular weight is 401 g/mol. The minimum Gasteiger partial charge on any atom is -0.546 e. The summed E-state index contributed by atoms with van der Waals surface area (Å²) in [7, 11) is 2.88. The molecule has 10 nitrogen and oxygen atoms in total. The van der Waals surface area contributed by atoms with Crippen molar-refractivity contribution in [3.8, 4) is 11.5 Å². The van der Waals surface area contributed by atoms with Crippen LogP contribution in [0.3, 0.4) is 0 Å². The largest absolute Gasteiger partial charge is 0.546 e. The first-order valence-corrected chi connectivity index (χ1v) is 8.07. The fraction of sp³-hybridized carbons (Fsp3) is 0.375. The minimum absolute atomic E-state index is 0.0278. The van der Waals surface area contributed by atoms with Crippen molar-refractivity contribution in [1.29, 1.82) is 0 Å². The molecule has 0 atom stereocenters. The number of carbonyl (C=O) groups is 3. The van der Waals surface area contributed by atoms with Gasteiger partial charge in [0.1, 0.15) is 6.61 Å². The summed E-state index contributed by atoms with van der Waals surface area (Å²) in [6, 6.07) is 2.87. The number of benzene rings is 1. The molecule has 2 N–H and O–H groups in total. The third kappa shape index (κ3) is 7.92. The molecule has 0 fully saturated rings. The number of hydrazone groups is 1. The van der Waals surface area contributed by atoms with E-state index < -0.39 is 24.4 Å². The van der Waals surface area contributed by atoms with Gasteiger partial charge < -0.3 is 29.4 Å². The molecular weight excluding hydrogens is 382 g/mol. The van der Waals surface area contributed by atoms with Crippen LogP contribution in [0.25, 0.3) is 0 Å². The Morgan fingerprint density at radius 2 is 2.00 bits per heavy atom. The van der Waals surface area contributed by atoms with Crippen molar-refractivity contribution in [1.82, 2.24) is 10.7 Å². The van der Waals surface area contributed by atoms with Crippen molar-refractivity contribution in [2.24, 2.45) is 5.10 Å². The molecule has 1 rings (SSSR count). The molecule has 0 saturated heterocycles. The maximum atomic E-state index is 11.6. The van der Waals surface area contributed by atoms with Gasteiger partial charge in [0, 0.05) is 20.3 Å². The van der Waals surface area contributed by atoms with E-state index in [4.69, 9.17) is 25.8 Å². The predicted molar refractivity (Wildman–Crippen MR) is 93.7 cm³/mol. The van der Waals surface area contributed by atoms with Crippen LogP contribution in [0.15, 0.2) is 17.2 Å². The van der Waals surface area contributed by atoms with Crippen LogP contribution in [0.4, 0.5) is 0 Å². The van der Waals surface area contributed by atoms with Gasteiger partial charge in [-0.3, -0.25) is 9.59 Å². The second-order valence-electron chi connectivity index (χ2n) is 5.00. The molecule has 0 aliphatic carbocycles. The van der Waals surface area contributed by atoms with E-state index in [1.807, 2.05) is 0 Å². The number of halogens is 1. The molecule has 1 aromatic carbocycles. The normalized spacial score (nSPS) is 10.5. The fourth-order valence-corrected chi connectivity index (χ4v) is 2.07. The van der Waals surface area contributed by atoms with Gasteiger partial charge >= 0.3 is 11.8 Å². The molecule has 1 aromatic rings. The fourth-order valence-electron chi connectivity index (χ4n) is 1.80. The average Bonchev–Trinajstić information content (AvgIpc) is 2.63. The van der Waals surface area contributed by atoms with Gasteiger partial charge in [-0.2, -0.15) is 5.10 Å². The minimum atomic E-state index is -1.41. The van der Waals surface area contributed by atoms with Crippen molar-refractivity contribution in [3.63, 3.8) is 0 Å². The lowest BCUT2D eigenvalue weighted by Gasteiger charge is -2.13. The first-order valence-electron chi connectivity index (χ1n) is 7.69. The van der Waals surface area contributed by atoms with Gasteiger partial charge in [-0.1, -0.05) is 11.6 Å². The zero-order valence-corrected chi connectivity index (χ0v) is 15.5. The standard InChI is InChI=1S/C16H20ClN3O7/c1-25-5-3-4-18-15(23)16(24)20-19-8-10-6-11(17)14(12(7-10)26-2)27-9-13(21)22/h6-8H,3-5,9H2,1-2H3,(H,18,23)(H,20,24)(H,21,22)/p-1/b19-8-. The Bertz CT molecular complexity index is 709. The van der Waals surface area contributed by atoms with Crippen LogP contribution >= 0.6 is 11.6 Å². The monoisotopic (exact) mass is 400 g/mol. The summed E-state index contributed by atoms with van der Waals surface area (Å²) in [4.78, 5) is 33.6. The number of aliphatic carboxylic acids is 1. The van der Waals surface area contributed by atoms with Crippen LogP contribution < -0.4 is 25.3 Å². The number of methoxy groups -OCH3 is 2. The van der Waals surface area contributed by atoms with Crippen molar-refractivity contribution in [3.05, 3.63) is 22.7 Å². The Labute approximate surface area is 160 Å². The molecule has 0 heterocycles. The number of carboxylic acids is 1. The van der Waals surface area contributed by atoms with Crippen LogP contribution in [0.1, 0.15) is 12.0 Å². The van der Waals surface area contributed by atoms with Gasteiger partial charge in [0.2, 0.25) is 0 Å². The van der Waals surface area contributed by atoms with E-state index in [0.717, 1.165) is 0 Å². The number of carbonyl (C=O) groups excluding carboxylic acids is 3. The molecule has 0 aromatic heterocycles. The number of hydrogen-bond acceptors (Lipinski definition) is 8. The lowest BCUT2D eigenvalue weighted by atomic mass is 10.2. The van der Waals surface area contributed by atoms with E-state index in [1.54, 1.807) is 0 Å². The van der Waals surface area contributed by atoms with E-state index >= 15 is 0 Å². The quantitative estimate of drug-likeness (QED) is 0.224. The van der Waals surface area contributed by atoms with Crippen LogP contribution in [0, 0.1) is 0 Å². The maximum absolute atomic E-state index is 11.6. The molecule has 148 valence electrons. The Hall–Kier alpha value is -2.85. The Morgan fingerprint density at radius 1 is 1.26 bits per heavy atom. The Morgan fingerprint density at radius 3 is 2.63 bits per heavy atom. The second-order valence-corrected chi connectivity index (χ2v) is 5.40. The number of amides is 2. The van der Waals surface area contributed by atoms with Gasteiger partial charge in [0.05, 0.1) is 24.3 Å². The van der Waals surface area contributed by atoms with Gasteiger partial charge in [0.25, 0.3) is 0 Å². The lowest BCUT2D eigenvalue weighted by molar-refractivity contribution is -0.307. The van der Waals surface area contributed by atoms with Crippen LogP contribution in [-0.2, 0) is 19.1 Å². The summed E-state index contributed by atoms with van der Waals surface area (Å²) in [6.45, 7) is 0.0638.